The van der Waals surface area contributed by atoms with Gasteiger partial charge in [-0.15, -0.1) is 0 Å². The third-order valence-corrected chi connectivity index (χ3v) is 5.28. The third kappa shape index (κ3) is 2.91. The number of pyridine rings is 1. The van der Waals surface area contributed by atoms with Gasteiger partial charge in [0.25, 0.3) is 11.8 Å². The number of benzene rings is 2. The van der Waals surface area contributed by atoms with Gasteiger partial charge in [0.05, 0.1) is 42.4 Å². The van der Waals surface area contributed by atoms with Crippen molar-refractivity contribution in [1.29, 1.82) is 0 Å². The van der Waals surface area contributed by atoms with Gasteiger partial charge in [0.15, 0.2) is 0 Å². The molecule has 5 rings (SSSR count). The van der Waals surface area contributed by atoms with Crippen molar-refractivity contribution < 1.29 is 14.3 Å². The maximum Gasteiger partial charge on any atom is 0.261 e. The summed E-state index contributed by atoms with van der Waals surface area (Å²) in [5, 5.41) is 0. The second-order valence-corrected chi connectivity index (χ2v) is 7.07. The van der Waals surface area contributed by atoms with Gasteiger partial charge in [-0.05, 0) is 35.9 Å². The number of aromatic nitrogens is 3. The molecular weight excluding hydrogens is 380 g/mol. The summed E-state index contributed by atoms with van der Waals surface area (Å²) in [5.74, 6) is 0.721. The molecule has 0 fully saturated rings. The van der Waals surface area contributed by atoms with Crippen LogP contribution in [0.25, 0.3) is 11.0 Å². The molecule has 4 aromatic rings. The van der Waals surface area contributed by atoms with Crippen LogP contribution in [0.15, 0.2) is 67.0 Å². The molecule has 0 N–H and O–H groups in total. The van der Waals surface area contributed by atoms with Crippen LogP contribution in [0, 0.1) is 0 Å². The predicted octanol–water partition coefficient (Wildman–Crippen LogP) is 3.28. The Morgan fingerprint density at radius 3 is 2.37 bits per heavy atom. The van der Waals surface area contributed by atoms with Gasteiger partial charge in [-0.2, -0.15) is 0 Å². The molecule has 2 amide bonds. The molecular formula is C23H18N4O3. The van der Waals surface area contributed by atoms with Crippen molar-refractivity contribution >= 4 is 22.8 Å². The van der Waals surface area contributed by atoms with Crippen molar-refractivity contribution in [3.63, 3.8) is 0 Å². The SMILES string of the molecule is COc1ccc2c(c1)nc(CN1C(=O)c3ccccc3C1=O)n2Cc1cccnc1. The first-order valence-corrected chi connectivity index (χ1v) is 9.53. The third-order valence-electron chi connectivity index (χ3n) is 5.28. The molecule has 2 aromatic heterocycles. The van der Waals surface area contributed by atoms with Gasteiger partial charge in [0, 0.05) is 18.5 Å². The van der Waals surface area contributed by atoms with E-state index in [2.05, 4.69) is 4.98 Å². The van der Waals surface area contributed by atoms with Crippen molar-refractivity contribution in [1.82, 2.24) is 19.4 Å². The van der Waals surface area contributed by atoms with Crippen LogP contribution >= 0.6 is 0 Å². The molecule has 148 valence electrons. The number of fused-ring (bicyclic) bond motifs is 2. The smallest absolute Gasteiger partial charge is 0.261 e. The summed E-state index contributed by atoms with van der Waals surface area (Å²) in [4.78, 5) is 35.8. The van der Waals surface area contributed by atoms with Crippen LogP contribution in [-0.2, 0) is 13.1 Å². The van der Waals surface area contributed by atoms with Gasteiger partial charge < -0.3 is 9.30 Å². The van der Waals surface area contributed by atoms with E-state index in [1.165, 1.54) is 4.90 Å². The first-order chi connectivity index (χ1) is 14.7. The average molecular weight is 398 g/mol. The molecule has 30 heavy (non-hydrogen) atoms. The number of hydrogen-bond acceptors (Lipinski definition) is 5. The normalized spacial score (nSPS) is 13.2. The second-order valence-electron chi connectivity index (χ2n) is 7.07. The lowest BCUT2D eigenvalue weighted by molar-refractivity contribution is 0.0637. The molecule has 2 aromatic carbocycles. The molecule has 0 unspecified atom stereocenters. The number of ether oxygens (including phenoxy) is 1. The van der Waals surface area contributed by atoms with Gasteiger partial charge in [-0.25, -0.2) is 4.98 Å². The minimum Gasteiger partial charge on any atom is -0.497 e. The maximum absolute atomic E-state index is 12.8. The zero-order valence-corrected chi connectivity index (χ0v) is 16.3. The van der Waals surface area contributed by atoms with Crippen LogP contribution in [0.5, 0.6) is 5.75 Å². The summed E-state index contributed by atoms with van der Waals surface area (Å²) in [6.45, 7) is 0.610. The molecule has 3 heterocycles. The Morgan fingerprint density at radius 2 is 1.70 bits per heavy atom. The monoisotopic (exact) mass is 398 g/mol. The van der Waals surface area contributed by atoms with E-state index in [0.29, 0.717) is 29.2 Å². The van der Waals surface area contributed by atoms with Crippen molar-refractivity contribution in [2.75, 3.05) is 7.11 Å². The van der Waals surface area contributed by atoms with Gasteiger partial charge >= 0.3 is 0 Å². The first kappa shape index (κ1) is 18.1. The lowest BCUT2D eigenvalue weighted by Gasteiger charge is -2.15. The summed E-state index contributed by atoms with van der Waals surface area (Å²) < 4.78 is 7.33. The second kappa shape index (κ2) is 7.11. The maximum atomic E-state index is 12.8. The molecule has 0 aliphatic carbocycles. The molecule has 0 bridgehead atoms. The van der Waals surface area contributed by atoms with E-state index in [9.17, 15) is 9.59 Å². The summed E-state index contributed by atoms with van der Waals surface area (Å²) >= 11 is 0. The molecule has 0 spiro atoms. The number of imidazole rings is 1. The lowest BCUT2D eigenvalue weighted by Crippen LogP contribution is -2.30. The number of methoxy groups -OCH3 is 1. The van der Waals surface area contributed by atoms with E-state index in [4.69, 9.17) is 9.72 Å². The molecule has 0 saturated carbocycles. The molecule has 1 aliphatic heterocycles. The Labute approximate surface area is 172 Å². The number of hydrogen-bond donors (Lipinski definition) is 0. The molecule has 0 atom stereocenters. The molecule has 1 aliphatic rings. The Kier molecular flexibility index (Phi) is 4.28. The van der Waals surface area contributed by atoms with Crippen LogP contribution in [0.4, 0.5) is 0 Å². The largest absolute Gasteiger partial charge is 0.497 e. The lowest BCUT2D eigenvalue weighted by atomic mass is 10.1. The van der Waals surface area contributed by atoms with Crippen molar-refractivity contribution in [3.05, 3.63) is 89.5 Å². The highest BCUT2D eigenvalue weighted by Gasteiger charge is 2.36. The molecule has 7 heteroatoms. The van der Waals surface area contributed by atoms with Gasteiger partial charge in [0.2, 0.25) is 0 Å². The highest BCUT2D eigenvalue weighted by Crippen LogP contribution is 2.27. The summed E-state index contributed by atoms with van der Waals surface area (Å²) in [5.41, 5.74) is 3.49. The van der Waals surface area contributed by atoms with Gasteiger partial charge in [-0.1, -0.05) is 18.2 Å². The van der Waals surface area contributed by atoms with Crippen LogP contribution in [0.3, 0.4) is 0 Å². The number of carbonyl (C=O) groups is 2. The van der Waals surface area contributed by atoms with Crippen LogP contribution in [0.2, 0.25) is 0 Å². The van der Waals surface area contributed by atoms with Crippen molar-refractivity contribution in [3.8, 4) is 5.75 Å². The zero-order chi connectivity index (χ0) is 20.7. The van der Waals surface area contributed by atoms with E-state index in [1.807, 2.05) is 34.9 Å². The van der Waals surface area contributed by atoms with Gasteiger partial charge in [0.1, 0.15) is 11.6 Å². The Morgan fingerprint density at radius 1 is 0.933 bits per heavy atom. The summed E-state index contributed by atoms with van der Waals surface area (Å²) in [6, 6.07) is 16.4. The van der Waals surface area contributed by atoms with Crippen molar-refractivity contribution in [2.45, 2.75) is 13.1 Å². The number of rotatable bonds is 5. The number of carbonyl (C=O) groups excluding carboxylic acids is 2. The van der Waals surface area contributed by atoms with Crippen molar-refractivity contribution in [2.24, 2.45) is 0 Å². The number of imide groups is 1. The van der Waals surface area contributed by atoms with Crippen LogP contribution in [-0.4, -0.2) is 38.4 Å². The Balaban J connectivity index is 1.57. The van der Waals surface area contributed by atoms with E-state index in [0.717, 1.165) is 16.6 Å². The van der Waals surface area contributed by atoms with E-state index >= 15 is 0 Å². The molecule has 0 saturated heterocycles. The number of nitrogens with zero attached hydrogens (tertiary/aromatic N) is 4. The fourth-order valence-electron chi connectivity index (χ4n) is 3.78. The van der Waals surface area contributed by atoms with Crippen LogP contribution in [0.1, 0.15) is 32.1 Å². The minimum absolute atomic E-state index is 0.0869. The zero-order valence-electron chi connectivity index (χ0n) is 16.3. The highest BCUT2D eigenvalue weighted by molar-refractivity contribution is 6.21. The summed E-state index contributed by atoms with van der Waals surface area (Å²) in [6.07, 6.45) is 3.52. The van der Waals surface area contributed by atoms with Crippen LogP contribution < -0.4 is 4.74 Å². The molecule has 7 nitrogen and oxygen atoms in total. The fourth-order valence-corrected chi connectivity index (χ4v) is 3.78. The fraction of sp³-hybridized carbons (Fsp3) is 0.130. The highest BCUT2D eigenvalue weighted by atomic mass is 16.5. The minimum atomic E-state index is -0.298. The number of amides is 2. The predicted molar refractivity (Wildman–Crippen MR) is 110 cm³/mol. The van der Waals surface area contributed by atoms with Gasteiger partial charge in [-0.3, -0.25) is 19.5 Å². The topological polar surface area (TPSA) is 77.3 Å². The van der Waals surface area contributed by atoms with E-state index in [-0.39, 0.29) is 18.4 Å². The Bertz CT molecular complexity index is 1250. The van der Waals surface area contributed by atoms with E-state index < -0.39 is 0 Å². The summed E-state index contributed by atoms with van der Waals surface area (Å²) in [7, 11) is 1.60. The molecule has 0 radical (unpaired) electrons. The average Bonchev–Trinajstić information content (AvgIpc) is 3.24. The quantitative estimate of drug-likeness (QED) is 0.482. The first-order valence-electron chi connectivity index (χ1n) is 9.53. The standard InChI is InChI=1S/C23H18N4O3/c1-30-16-8-9-20-19(11-16)25-21(26(20)13-15-5-4-10-24-12-15)14-27-22(28)17-6-2-3-7-18(17)23(27)29/h2-12H,13-14H2,1H3. The Hall–Kier alpha value is -4.00. The van der Waals surface area contributed by atoms with E-state index in [1.54, 1.807) is 43.8 Å².